The molecule has 1 aromatic heterocycles. The molecule has 0 fully saturated rings. The molecule has 0 saturated heterocycles. The smallest absolute Gasteiger partial charge is 0.387 e. The molecule has 0 atom stereocenters. The molecule has 0 bridgehead atoms. The van der Waals surface area contributed by atoms with Gasteiger partial charge in [0.25, 0.3) is 0 Å². The van der Waals surface area contributed by atoms with Gasteiger partial charge < -0.3 is 18.6 Å². The number of benzene rings is 2. The summed E-state index contributed by atoms with van der Waals surface area (Å²) < 4.78 is 45.1. The Kier molecular flexibility index (Phi) is 4.51. The van der Waals surface area contributed by atoms with Crippen molar-refractivity contribution in [1.29, 1.82) is 0 Å². The largest absolute Gasteiger partial charge is 0.493 e. The number of ether oxygens (including phenoxy) is 3. The number of methoxy groups -OCH3 is 2. The zero-order chi connectivity index (χ0) is 18.0. The SMILES string of the molecule is COc1cc2nc(-c3ccccc3OC(F)F)oc(=O)c2cc1OC. The summed E-state index contributed by atoms with van der Waals surface area (Å²) >= 11 is 0. The van der Waals surface area contributed by atoms with Gasteiger partial charge in [0.1, 0.15) is 5.75 Å². The van der Waals surface area contributed by atoms with E-state index < -0.39 is 12.2 Å². The third-order valence-corrected chi connectivity index (χ3v) is 3.47. The van der Waals surface area contributed by atoms with Gasteiger partial charge in [-0.1, -0.05) is 12.1 Å². The Balaban J connectivity index is 2.21. The Morgan fingerprint density at radius 2 is 1.72 bits per heavy atom. The van der Waals surface area contributed by atoms with Gasteiger partial charge in [0.15, 0.2) is 11.5 Å². The topological polar surface area (TPSA) is 70.8 Å². The van der Waals surface area contributed by atoms with Crippen LogP contribution >= 0.6 is 0 Å². The molecular formula is C17H13F2NO5. The van der Waals surface area contributed by atoms with E-state index in [0.717, 1.165) is 0 Å². The lowest BCUT2D eigenvalue weighted by atomic mass is 10.2. The fraction of sp³-hybridized carbons (Fsp3) is 0.176. The number of hydrogen-bond acceptors (Lipinski definition) is 6. The van der Waals surface area contributed by atoms with Crippen LogP contribution in [0.15, 0.2) is 45.6 Å². The van der Waals surface area contributed by atoms with E-state index in [9.17, 15) is 13.6 Å². The van der Waals surface area contributed by atoms with Crippen LogP contribution in [0.2, 0.25) is 0 Å². The minimum atomic E-state index is -3.02. The molecule has 8 heteroatoms. The summed E-state index contributed by atoms with van der Waals surface area (Å²) in [4.78, 5) is 16.5. The fourth-order valence-electron chi connectivity index (χ4n) is 2.36. The number of rotatable bonds is 5. The van der Waals surface area contributed by atoms with Crippen LogP contribution in [0.25, 0.3) is 22.4 Å². The lowest BCUT2D eigenvalue weighted by Crippen LogP contribution is -2.06. The molecule has 25 heavy (non-hydrogen) atoms. The molecule has 1 heterocycles. The third kappa shape index (κ3) is 3.23. The van der Waals surface area contributed by atoms with Crippen LogP contribution in [0.4, 0.5) is 8.78 Å². The monoisotopic (exact) mass is 349 g/mol. The number of fused-ring (bicyclic) bond motifs is 1. The molecule has 0 spiro atoms. The molecule has 0 N–H and O–H groups in total. The molecule has 3 aromatic rings. The van der Waals surface area contributed by atoms with Crippen LogP contribution in [0, 0.1) is 0 Å². The molecule has 0 amide bonds. The molecule has 0 aliphatic carbocycles. The number of hydrogen-bond donors (Lipinski definition) is 0. The maximum atomic E-state index is 12.6. The Bertz CT molecular complexity index is 971. The predicted octanol–water partition coefficient (Wildman–Crippen LogP) is 3.47. The van der Waals surface area contributed by atoms with Crippen molar-refractivity contribution in [3.05, 3.63) is 46.8 Å². The molecular weight excluding hydrogens is 336 g/mol. The second-order valence-corrected chi connectivity index (χ2v) is 4.91. The van der Waals surface area contributed by atoms with E-state index in [0.29, 0.717) is 11.5 Å². The Morgan fingerprint density at radius 3 is 2.40 bits per heavy atom. The first-order valence-corrected chi connectivity index (χ1v) is 7.14. The molecule has 0 unspecified atom stereocenters. The van der Waals surface area contributed by atoms with Gasteiger partial charge in [0, 0.05) is 12.1 Å². The Morgan fingerprint density at radius 1 is 1.04 bits per heavy atom. The number of para-hydroxylation sites is 1. The average Bonchev–Trinajstić information content (AvgIpc) is 2.60. The first kappa shape index (κ1) is 16.7. The summed E-state index contributed by atoms with van der Waals surface area (Å²) in [6.07, 6.45) is 0. The van der Waals surface area contributed by atoms with Gasteiger partial charge in [-0.15, -0.1) is 0 Å². The highest BCUT2D eigenvalue weighted by Crippen LogP contribution is 2.33. The maximum Gasteiger partial charge on any atom is 0.387 e. The van der Waals surface area contributed by atoms with Gasteiger partial charge in [-0.3, -0.25) is 0 Å². The maximum absolute atomic E-state index is 12.6. The summed E-state index contributed by atoms with van der Waals surface area (Å²) in [6, 6.07) is 8.86. The molecule has 0 saturated carbocycles. The van der Waals surface area contributed by atoms with Crippen molar-refractivity contribution in [1.82, 2.24) is 4.98 Å². The summed E-state index contributed by atoms with van der Waals surface area (Å²) in [6.45, 7) is -3.02. The molecule has 0 aliphatic heterocycles. The molecule has 3 rings (SSSR count). The van der Waals surface area contributed by atoms with Gasteiger partial charge in [0.2, 0.25) is 5.89 Å². The fourth-order valence-corrected chi connectivity index (χ4v) is 2.36. The third-order valence-electron chi connectivity index (χ3n) is 3.47. The lowest BCUT2D eigenvalue weighted by Gasteiger charge is -2.11. The van der Waals surface area contributed by atoms with Crippen molar-refractivity contribution in [3.8, 4) is 28.7 Å². The minimum Gasteiger partial charge on any atom is -0.493 e. The first-order chi connectivity index (χ1) is 12.0. The second kappa shape index (κ2) is 6.76. The van der Waals surface area contributed by atoms with E-state index in [1.54, 1.807) is 6.07 Å². The zero-order valence-corrected chi connectivity index (χ0v) is 13.3. The number of alkyl halides is 2. The van der Waals surface area contributed by atoms with E-state index in [1.807, 2.05) is 0 Å². The van der Waals surface area contributed by atoms with E-state index in [2.05, 4.69) is 9.72 Å². The average molecular weight is 349 g/mol. The van der Waals surface area contributed by atoms with Gasteiger partial charge in [0.05, 0.1) is 30.7 Å². The van der Waals surface area contributed by atoms with Crippen LogP contribution in [-0.4, -0.2) is 25.8 Å². The van der Waals surface area contributed by atoms with Crippen LogP contribution < -0.4 is 19.8 Å². The lowest BCUT2D eigenvalue weighted by molar-refractivity contribution is -0.0495. The zero-order valence-electron chi connectivity index (χ0n) is 13.3. The van der Waals surface area contributed by atoms with E-state index in [-0.39, 0.29) is 28.1 Å². The first-order valence-electron chi connectivity index (χ1n) is 7.14. The number of halogens is 2. The normalized spacial score (nSPS) is 10.9. The van der Waals surface area contributed by atoms with Crippen molar-refractivity contribution in [3.63, 3.8) is 0 Å². The molecule has 0 radical (unpaired) electrons. The quantitative estimate of drug-likeness (QED) is 0.702. The van der Waals surface area contributed by atoms with Gasteiger partial charge in [-0.05, 0) is 12.1 Å². The molecule has 0 aliphatic rings. The van der Waals surface area contributed by atoms with E-state index in [1.165, 1.54) is 44.6 Å². The highest BCUT2D eigenvalue weighted by molar-refractivity contribution is 5.83. The van der Waals surface area contributed by atoms with Crippen LogP contribution in [0.3, 0.4) is 0 Å². The van der Waals surface area contributed by atoms with Crippen molar-refractivity contribution in [2.75, 3.05) is 14.2 Å². The Hall–Kier alpha value is -3.16. The second-order valence-electron chi connectivity index (χ2n) is 4.91. The van der Waals surface area contributed by atoms with E-state index >= 15 is 0 Å². The van der Waals surface area contributed by atoms with Crippen LogP contribution in [-0.2, 0) is 0 Å². The molecule has 2 aromatic carbocycles. The summed E-state index contributed by atoms with van der Waals surface area (Å²) in [5, 5.41) is 0.175. The van der Waals surface area contributed by atoms with Crippen molar-refractivity contribution in [2.24, 2.45) is 0 Å². The van der Waals surface area contributed by atoms with Gasteiger partial charge in [-0.2, -0.15) is 8.78 Å². The van der Waals surface area contributed by atoms with E-state index in [4.69, 9.17) is 13.9 Å². The van der Waals surface area contributed by atoms with Crippen LogP contribution in [0.1, 0.15) is 0 Å². The van der Waals surface area contributed by atoms with Crippen LogP contribution in [0.5, 0.6) is 17.2 Å². The standard InChI is InChI=1S/C17H13F2NO5/c1-22-13-7-10-11(8-14(13)23-2)20-15(25-16(10)21)9-5-3-4-6-12(9)24-17(18)19/h3-8,17H,1-2H3. The van der Waals surface area contributed by atoms with Crippen molar-refractivity contribution >= 4 is 10.9 Å². The number of aromatic nitrogens is 1. The predicted molar refractivity (Wildman–Crippen MR) is 85.5 cm³/mol. The highest BCUT2D eigenvalue weighted by atomic mass is 19.3. The summed E-state index contributed by atoms with van der Waals surface area (Å²) in [5.74, 6) is 0.434. The minimum absolute atomic E-state index is 0.136. The van der Waals surface area contributed by atoms with Gasteiger partial charge >= 0.3 is 12.2 Å². The summed E-state index contributed by atoms with van der Waals surface area (Å²) in [7, 11) is 2.88. The van der Waals surface area contributed by atoms with Crippen molar-refractivity contribution in [2.45, 2.75) is 6.61 Å². The highest BCUT2D eigenvalue weighted by Gasteiger charge is 2.17. The molecule has 6 nitrogen and oxygen atoms in total. The number of nitrogens with zero attached hydrogens (tertiary/aromatic N) is 1. The Labute approximate surface area is 140 Å². The summed E-state index contributed by atoms with van der Waals surface area (Å²) in [5.41, 5.74) is -0.278. The van der Waals surface area contributed by atoms with Gasteiger partial charge in [-0.25, -0.2) is 9.78 Å². The molecule has 130 valence electrons. The van der Waals surface area contributed by atoms with Crippen molar-refractivity contribution < 1.29 is 27.4 Å².